The number of aryl methyl sites for hydroxylation is 1. The van der Waals surface area contributed by atoms with E-state index in [1.165, 1.54) is 12.1 Å². The number of carbonyl (C=O) groups excluding carboxylic acids is 1. The number of hydrogen-bond donors (Lipinski definition) is 3. The van der Waals surface area contributed by atoms with Gasteiger partial charge in [0.25, 0.3) is 11.6 Å². The summed E-state index contributed by atoms with van der Waals surface area (Å²) in [6, 6.07) is 11.5. The third-order valence-electron chi connectivity index (χ3n) is 4.59. The summed E-state index contributed by atoms with van der Waals surface area (Å²) in [5.74, 6) is -0.487. The third kappa shape index (κ3) is 3.32. The zero-order valence-corrected chi connectivity index (χ0v) is 13.6. The summed E-state index contributed by atoms with van der Waals surface area (Å²) in [5, 5.41) is 24.6. The van der Waals surface area contributed by atoms with Crippen molar-refractivity contribution in [1.82, 2.24) is 5.32 Å². The van der Waals surface area contributed by atoms with E-state index in [9.17, 15) is 20.0 Å². The highest BCUT2D eigenvalue weighted by Crippen LogP contribution is 2.34. The molecular weight excluding hydrogens is 322 g/mol. The Kier molecular flexibility index (Phi) is 4.41. The molecule has 0 saturated carbocycles. The van der Waals surface area contributed by atoms with E-state index in [0.717, 1.165) is 30.0 Å². The molecule has 0 spiro atoms. The molecule has 0 saturated heterocycles. The van der Waals surface area contributed by atoms with E-state index < -0.39 is 16.4 Å². The summed E-state index contributed by atoms with van der Waals surface area (Å²) in [5.41, 5.74) is 6.13. The maximum Gasteiger partial charge on any atom is 0.292 e. The number of aliphatic hydroxyl groups is 1. The van der Waals surface area contributed by atoms with Gasteiger partial charge in [-0.05, 0) is 42.5 Å². The first-order chi connectivity index (χ1) is 11.9. The zero-order chi connectivity index (χ0) is 18.0. The standard InChI is InChI=1S/C18H19N3O4/c19-15-8-7-13(10-16(15)21(24)25)17(22)20-11-18(23)9-3-5-12-4-1-2-6-14(12)18/h1-2,4,6-8,10,23H,3,5,9,11,19H2,(H,20,22)/t18-/m0/s1. The number of nitrogens with two attached hydrogens (primary N) is 1. The Hall–Kier alpha value is -2.93. The van der Waals surface area contributed by atoms with Gasteiger partial charge in [-0.25, -0.2) is 0 Å². The Balaban J connectivity index is 1.77. The molecule has 0 radical (unpaired) electrons. The minimum Gasteiger partial charge on any atom is -0.393 e. The molecule has 0 fully saturated rings. The second kappa shape index (κ2) is 6.52. The lowest BCUT2D eigenvalue weighted by atomic mass is 9.79. The van der Waals surface area contributed by atoms with Crippen LogP contribution in [0.2, 0.25) is 0 Å². The number of anilines is 1. The molecular formula is C18H19N3O4. The molecule has 25 heavy (non-hydrogen) atoms. The molecule has 3 rings (SSSR count). The Labute approximate surface area is 144 Å². The van der Waals surface area contributed by atoms with Crippen molar-refractivity contribution in [2.45, 2.75) is 24.9 Å². The van der Waals surface area contributed by atoms with Crippen molar-refractivity contribution < 1.29 is 14.8 Å². The number of nitro groups is 1. The molecule has 1 atom stereocenters. The van der Waals surface area contributed by atoms with Crippen LogP contribution in [0, 0.1) is 10.1 Å². The third-order valence-corrected chi connectivity index (χ3v) is 4.59. The van der Waals surface area contributed by atoms with Crippen LogP contribution in [0.4, 0.5) is 11.4 Å². The smallest absolute Gasteiger partial charge is 0.292 e. The number of fused-ring (bicyclic) bond motifs is 1. The normalized spacial score (nSPS) is 19.1. The van der Waals surface area contributed by atoms with Gasteiger partial charge in [0.2, 0.25) is 0 Å². The number of hydrogen-bond acceptors (Lipinski definition) is 5. The summed E-state index contributed by atoms with van der Waals surface area (Å²) < 4.78 is 0. The minimum atomic E-state index is -1.13. The molecule has 1 amide bonds. The Morgan fingerprint density at radius 2 is 2.08 bits per heavy atom. The molecule has 0 heterocycles. The molecule has 0 aromatic heterocycles. The van der Waals surface area contributed by atoms with Crippen molar-refractivity contribution in [2.75, 3.05) is 12.3 Å². The van der Waals surface area contributed by atoms with Crippen LogP contribution in [0.3, 0.4) is 0 Å². The molecule has 7 heteroatoms. The molecule has 4 N–H and O–H groups in total. The van der Waals surface area contributed by atoms with Gasteiger partial charge in [0.1, 0.15) is 11.3 Å². The van der Waals surface area contributed by atoms with Crippen LogP contribution in [-0.2, 0) is 12.0 Å². The van der Waals surface area contributed by atoms with Crippen molar-refractivity contribution in [3.05, 3.63) is 69.3 Å². The summed E-state index contributed by atoms with van der Waals surface area (Å²) in [7, 11) is 0. The van der Waals surface area contributed by atoms with Crippen molar-refractivity contribution in [2.24, 2.45) is 0 Å². The average molecular weight is 341 g/mol. The first-order valence-corrected chi connectivity index (χ1v) is 8.03. The fourth-order valence-electron chi connectivity index (χ4n) is 3.25. The van der Waals surface area contributed by atoms with E-state index in [-0.39, 0.29) is 23.5 Å². The highest BCUT2D eigenvalue weighted by Gasteiger charge is 2.34. The van der Waals surface area contributed by atoms with Gasteiger partial charge in [0, 0.05) is 11.6 Å². The number of rotatable bonds is 4. The first-order valence-electron chi connectivity index (χ1n) is 8.03. The monoisotopic (exact) mass is 341 g/mol. The SMILES string of the molecule is Nc1ccc(C(=O)NC[C@@]2(O)CCCc3ccccc32)cc1[N+](=O)[O-]. The van der Waals surface area contributed by atoms with E-state index in [1.54, 1.807) is 0 Å². The van der Waals surface area contributed by atoms with Crippen molar-refractivity contribution in [3.8, 4) is 0 Å². The molecule has 7 nitrogen and oxygen atoms in total. The molecule has 0 unspecified atom stereocenters. The zero-order valence-electron chi connectivity index (χ0n) is 13.6. The lowest BCUT2D eigenvalue weighted by Gasteiger charge is -2.34. The predicted molar refractivity (Wildman–Crippen MR) is 93.1 cm³/mol. The molecule has 1 aliphatic carbocycles. The molecule has 1 aliphatic rings. The van der Waals surface area contributed by atoms with Crippen LogP contribution in [0.15, 0.2) is 42.5 Å². The lowest BCUT2D eigenvalue weighted by molar-refractivity contribution is -0.383. The average Bonchev–Trinajstić information content (AvgIpc) is 2.60. The van der Waals surface area contributed by atoms with Gasteiger partial charge in [-0.1, -0.05) is 24.3 Å². The number of nitrogens with zero attached hydrogens (tertiary/aromatic N) is 1. The molecule has 130 valence electrons. The highest BCUT2D eigenvalue weighted by molar-refractivity contribution is 5.95. The molecule has 2 aromatic rings. The summed E-state index contributed by atoms with van der Waals surface area (Å²) in [4.78, 5) is 22.7. The van der Waals surface area contributed by atoms with Crippen LogP contribution in [0.25, 0.3) is 0 Å². The summed E-state index contributed by atoms with van der Waals surface area (Å²) in [6.07, 6.45) is 2.28. The highest BCUT2D eigenvalue weighted by atomic mass is 16.6. The van der Waals surface area contributed by atoms with Crippen LogP contribution >= 0.6 is 0 Å². The van der Waals surface area contributed by atoms with Crippen LogP contribution < -0.4 is 11.1 Å². The van der Waals surface area contributed by atoms with E-state index >= 15 is 0 Å². The predicted octanol–water partition coefficient (Wildman–Crippen LogP) is 2.13. The molecule has 2 aromatic carbocycles. The van der Waals surface area contributed by atoms with Crippen molar-refractivity contribution in [3.63, 3.8) is 0 Å². The maximum absolute atomic E-state index is 12.3. The summed E-state index contributed by atoms with van der Waals surface area (Å²) in [6.45, 7) is 0.0427. The van der Waals surface area contributed by atoms with Gasteiger partial charge in [-0.3, -0.25) is 14.9 Å². The quantitative estimate of drug-likeness (QED) is 0.447. The van der Waals surface area contributed by atoms with E-state index in [4.69, 9.17) is 5.73 Å². The summed E-state index contributed by atoms with van der Waals surface area (Å²) >= 11 is 0. The fraction of sp³-hybridized carbons (Fsp3) is 0.278. The Morgan fingerprint density at radius 1 is 1.32 bits per heavy atom. The minimum absolute atomic E-state index is 0.00128. The van der Waals surface area contributed by atoms with Gasteiger partial charge in [0.05, 0.1) is 11.5 Å². The first kappa shape index (κ1) is 16.9. The Bertz CT molecular complexity index is 837. The second-order valence-corrected chi connectivity index (χ2v) is 6.26. The van der Waals surface area contributed by atoms with Crippen molar-refractivity contribution >= 4 is 17.3 Å². The topological polar surface area (TPSA) is 118 Å². The van der Waals surface area contributed by atoms with Crippen LogP contribution in [-0.4, -0.2) is 22.5 Å². The second-order valence-electron chi connectivity index (χ2n) is 6.26. The number of nitro benzene ring substituents is 1. The lowest BCUT2D eigenvalue weighted by Crippen LogP contribution is -2.43. The van der Waals surface area contributed by atoms with E-state index in [1.807, 2.05) is 24.3 Å². The number of amides is 1. The van der Waals surface area contributed by atoms with Gasteiger partial charge >= 0.3 is 0 Å². The fourth-order valence-corrected chi connectivity index (χ4v) is 3.25. The van der Waals surface area contributed by atoms with Gasteiger partial charge in [-0.15, -0.1) is 0 Å². The number of carbonyl (C=O) groups is 1. The largest absolute Gasteiger partial charge is 0.393 e. The van der Waals surface area contributed by atoms with Crippen molar-refractivity contribution in [1.29, 1.82) is 0 Å². The van der Waals surface area contributed by atoms with Crippen LogP contribution in [0.1, 0.15) is 34.3 Å². The number of nitrogens with one attached hydrogen (secondary N) is 1. The van der Waals surface area contributed by atoms with Crippen LogP contribution in [0.5, 0.6) is 0 Å². The Morgan fingerprint density at radius 3 is 2.84 bits per heavy atom. The van der Waals surface area contributed by atoms with E-state index in [0.29, 0.717) is 6.42 Å². The van der Waals surface area contributed by atoms with E-state index in [2.05, 4.69) is 5.32 Å². The van der Waals surface area contributed by atoms with Gasteiger partial charge in [0.15, 0.2) is 0 Å². The number of benzene rings is 2. The molecule has 0 aliphatic heterocycles. The number of nitrogen functional groups attached to an aromatic ring is 1. The molecule has 0 bridgehead atoms. The van der Waals surface area contributed by atoms with Gasteiger partial charge in [-0.2, -0.15) is 0 Å². The maximum atomic E-state index is 12.3. The van der Waals surface area contributed by atoms with Gasteiger partial charge < -0.3 is 16.2 Å².